The molecule has 2 aromatic carbocycles. The number of amides is 1. The molecule has 28 heavy (non-hydrogen) atoms. The Kier molecular flexibility index (Phi) is 6.36. The Labute approximate surface area is 166 Å². The van der Waals surface area contributed by atoms with Crippen molar-refractivity contribution in [2.75, 3.05) is 25.5 Å². The van der Waals surface area contributed by atoms with Crippen LogP contribution in [0.25, 0.3) is 0 Å². The molecule has 1 N–H and O–H groups in total. The van der Waals surface area contributed by atoms with Gasteiger partial charge in [-0.25, -0.2) is 8.42 Å². The van der Waals surface area contributed by atoms with Crippen LogP contribution in [-0.2, 0) is 21.2 Å². The molecule has 0 unspecified atom stereocenters. The van der Waals surface area contributed by atoms with Crippen molar-refractivity contribution in [3.8, 4) is 5.75 Å². The summed E-state index contributed by atoms with van der Waals surface area (Å²) in [6, 6.07) is 12.4. The fourth-order valence-electron chi connectivity index (χ4n) is 3.39. The maximum Gasteiger partial charge on any atom is 0.246 e. The zero-order valence-electron chi connectivity index (χ0n) is 16.3. The lowest BCUT2D eigenvalue weighted by atomic mass is 10.1. The third-order valence-corrected chi connectivity index (χ3v) is 6.91. The average molecular weight is 403 g/mol. The Hall–Kier alpha value is -2.38. The molecule has 6 nitrogen and oxygen atoms in total. The van der Waals surface area contributed by atoms with Crippen LogP contribution in [0, 0.1) is 6.92 Å². The lowest BCUT2D eigenvalue weighted by Gasteiger charge is -2.26. The van der Waals surface area contributed by atoms with Gasteiger partial charge < -0.3 is 10.1 Å². The molecule has 1 aliphatic heterocycles. The van der Waals surface area contributed by atoms with Crippen molar-refractivity contribution in [1.29, 1.82) is 0 Å². The first-order valence-electron chi connectivity index (χ1n) is 9.44. The summed E-state index contributed by atoms with van der Waals surface area (Å²) in [7, 11) is -2.23. The molecule has 0 saturated carbocycles. The molecule has 0 atom stereocenters. The van der Waals surface area contributed by atoms with Crippen molar-refractivity contribution in [1.82, 2.24) is 4.31 Å². The summed E-state index contributed by atoms with van der Waals surface area (Å²) < 4.78 is 32.9. The Bertz CT molecular complexity index is 951. The van der Waals surface area contributed by atoms with E-state index in [9.17, 15) is 13.2 Å². The highest BCUT2D eigenvalue weighted by molar-refractivity contribution is 7.89. The zero-order chi connectivity index (χ0) is 20.1. The van der Waals surface area contributed by atoms with E-state index in [0.29, 0.717) is 18.8 Å². The summed E-state index contributed by atoms with van der Waals surface area (Å²) in [6.45, 7) is 2.98. The number of rotatable bonds is 6. The largest absolute Gasteiger partial charge is 0.495 e. The van der Waals surface area contributed by atoms with Crippen molar-refractivity contribution in [3.63, 3.8) is 0 Å². The molecular formula is C21H26N2O4S. The number of nitrogens with zero attached hydrogens (tertiary/aromatic N) is 1. The monoisotopic (exact) mass is 402 g/mol. The van der Waals surface area contributed by atoms with Crippen LogP contribution in [0.3, 0.4) is 0 Å². The van der Waals surface area contributed by atoms with Gasteiger partial charge in [-0.2, -0.15) is 4.31 Å². The number of aryl methyl sites for hydroxylation is 1. The van der Waals surface area contributed by atoms with Crippen molar-refractivity contribution in [2.24, 2.45) is 0 Å². The second-order valence-corrected chi connectivity index (χ2v) is 8.89. The van der Waals surface area contributed by atoms with Gasteiger partial charge in [-0.1, -0.05) is 30.7 Å². The smallest absolute Gasteiger partial charge is 0.246 e. The Balaban J connectivity index is 1.82. The van der Waals surface area contributed by atoms with Gasteiger partial charge in [0.05, 0.1) is 13.5 Å². The number of ether oxygens (including phenoxy) is 1. The first-order chi connectivity index (χ1) is 13.4. The summed E-state index contributed by atoms with van der Waals surface area (Å²) in [4.78, 5) is 12.5. The van der Waals surface area contributed by atoms with Crippen LogP contribution in [0.2, 0.25) is 0 Å². The van der Waals surface area contributed by atoms with Crippen LogP contribution >= 0.6 is 0 Å². The fourth-order valence-corrected chi connectivity index (χ4v) is 5.09. The highest BCUT2D eigenvalue weighted by Crippen LogP contribution is 2.31. The molecule has 2 aromatic rings. The second-order valence-electron chi connectivity index (χ2n) is 6.98. The van der Waals surface area contributed by atoms with Gasteiger partial charge in [0.15, 0.2) is 0 Å². The number of carbonyl (C=O) groups excluding carboxylic acids is 1. The third kappa shape index (κ3) is 4.54. The number of benzene rings is 2. The molecule has 150 valence electrons. The van der Waals surface area contributed by atoms with Gasteiger partial charge in [-0.15, -0.1) is 0 Å². The molecule has 1 amide bonds. The van der Waals surface area contributed by atoms with Crippen LogP contribution in [0.5, 0.6) is 5.75 Å². The standard InChI is InChI=1S/C21H26N2O4S/c1-16-8-4-5-9-17(16)14-21(24)22-18-10-11-19(27-2)20(15-18)28(25,26)23-12-6-3-7-13-23/h4-5,8-11,15H,3,6-7,12-14H2,1-2H3,(H,22,24). The van der Waals surface area contributed by atoms with Gasteiger partial charge in [-0.3, -0.25) is 4.79 Å². The molecule has 3 rings (SSSR count). The lowest BCUT2D eigenvalue weighted by molar-refractivity contribution is -0.115. The number of sulfonamides is 1. The van der Waals surface area contributed by atoms with Gasteiger partial charge in [0.2, 0.25) is 15.9 Å². The van der Waals surface area contributed by atoms with Crippen molar-refractivity contribution in [3.05, 3.63) is 53.6 Å². The number of carbonyl (C=O) groups is 1. The van der Waals surface area contributed by atoms with Gasteiger partial charge in [0.1, 0.15) is 10.6 Å². The fraction of sp³-hybridized carbons (Fsp3) is 0.381. The van der Waals surface area contributed by atoms with E-state index in [1.54, 1.807) is 12.1 Å². The molecule has 7 heteroatoms. The summed E-state index contributed by atoms with van der Waals surface area (Å²) in [6.07, 6.45) is 2.98. The SMILES string of the molecule is COc1ccc(NC(=O)Cc2ccccc2C)cc1S(=O)(=O)N1CCCCC1. The van der Waals surface area contributed by atoms with Crippen molar-refractivity contribution < 1.29 is 17.9 Å². The maximum atomic E-state index is 13.1. The van der Waals surface area contributed by atoms with Crippen LogP contribution in [0.1, 0.15) is 30.4 Å². The van der Waals surface area contributed by atoms with E-state index in [1.807, 2.05) is 31.2 Å². The molecule has 0 spiro atoms. The predicted octanol–water partition coefficient (Wildman–Crippen LogP) is 3.36. The number of nitrogens with one attached hydrogen (secondary N) is 1. The molecular weight excluding hydrogens is 376 g/mol. The van der Waals surface area contributed by atoms with E-state index in [4.69, 9.17) is 4.74 Å². The highest BCUT2D eigenvalue weighted by atomic mass is 32.2. The van der Waals surface area contributed by atoms with Crippen LogP contribution in [-0.4, -0.2) is 38.8 Å². The minimum atomic E-state index is -3.67. The van der Waals surface area contributed by atoms with Crippen LogP contribution in [0.15, 0.2) is 47.4 Å². The van der Waals surface area contributed by atoms with Gasteiger partial charge >= 0.3 is 0 Å². The Morgan fingerprint density at radius 1 is 1.11 bits per heavy atom. The summed E-state index contributed by atoms with van der Waals surface area (Å²) >= 11 is 0. The number of hydrogen-bond donors (Lipinski definition) is 1. The maximum absolute atomic E-state index is 13.1. The molecule has 1 saturated heterocycles. The lowest BCUT2D eigenvalue weighted by Crippen LogP contribution is -2.35. The van der Waals surface area contributed by atoms with Crippen LogP contribution in [0.4, 0.5) is 5.69 Å². The quantitative estimate of drug-likeness (QED) is 0.804. The molecule has 0 radical (unpaired) electrons. The summed E-state index contributed by atoms with van der Waals surface area (Å²) in [5.41, 5.74) is 2.42. The highest BCUT2D eigenvalue weighted by Gasteiger charge is 2.29. The van der Waals surface area contributed by atoms with Gasteiger partial charge in [-0.05, 0) is 49.1 Å². The van der Waals surface area contributed by atoms with Crippen LogP contribution < -0.4 is 10.1 Å². The molecule has 0 bridgehead atoms. The summed E-state index contributed by atoms with van der Waals surface area (Å²) in [5, 5.41) is 2.81. The van der Waals surface area contributed by atoms with E-state index in [-0.39, 0.29) is 23.0 Å². The van der Waals surface area contributed by atoms with Gasteiger partial charge in [0.25, 0.3) is 0 Å². The zero-order valence-corrected chi connectivity index (χ0v) is 17.1. The van der Waals surface area contributed by atoms with Crippen molar-refractivity contribution >= 4 is 21.6 Å². The minimum absolute atomic E-state index is 0.0885. The topological polar surface area (TPSA) is 75.7 Å². The first-order valence-corrected chi connectivity index (χ1v) is 10.9. The normalized spacial score (nSPS) is 15.2. The molecule has 0 aliphatic carbocycles. The number of methoxy groups -OCH3 is 1. The molecule has 1 aliphatic rings. The Morgan fingerprint density at radius 2 is 1.82 bits per heavy atom. The first kappa shape index (κ1) is 20.4. The molecule has 1 heterocycles. The van der Waals surface area contributed by atoms with E-state index in [2.05, 4.69) is 5.32 Å². The molecule has 0 aromatic heterocycles. The number of piperidine rings is 1. The molecule has 1 fully saturated rings. The predicted molar refractivity (Wildman–Crippen MR) is 109 cm³/mol. The second kappa shape index (κ2) is 8.75. The Morgan fingerprint density at radius 3 is 2.50 bits per heavy atom. The van der Waals surface area contributed by atoms with E-state index in [1.165, 1.54) is 17.5 Å². The third-order valence-electron chi connectivity index (χ3n) is 4.99. The van der Waals surface area contributed by atoms with E-state index < -0.39 is 10.0 Å². The summed E-state index contributed by atoms with van der Waals surface area (Å²) in [5.74, 6) is 0.0864. The average Bonchev–Trinajstić information content (AvgIpc) is 2.70. The number of anilines is 1. The van der Waals surface area contributed by atoms with Gasteiger partial charge in [0, 0.05) is 18.8 Å². The number of hydrogen-bond acceptors (Lipinski definition) is 4. The van der Waals surface area contributed by atoms with Crippen molar-refractivity contribution in [2.45, 2.75) is 37.5 Å². The van der Waals surface area contributed by atoms with E-state index >= 15 is 0 Å². The minimum Gasteiger partial charge on any atom is -0.495 e. The van der Waals surface area contributed by atoms with E-state index in [0.717, 1.165) is 30.4 Å².